The molecule has 35 heavy (non-hydrogen) atoms. The zero-order valence-corrected chi connectivity index (χ0v) is 22.0. The van der Waals surface area contributed by atoms with Gasteiger partial charge in [-0.05, 0) is 43.9 Å². The van der Waals surface area contributed by atoms with E-state index in [0.29, 0.717) is 25.3 Å². The summed E-state index contributed by atoms with van der Waals surface area (Å²) < 4.78 is 32.1. The Balaban J connectivity index is 2.34. The van der Waals surface area contributed by atoms with Crippen LogP contribution in [0.5, 0.6) is 5.75 Å². The molecule has 9 heteroatoms. The van der Waals surface area contributed by atoms with E-state index < -0.39 is 28.5 Å². The first-order valence-electron chi connectivity index (χ1n) is 11.8. The molecule has 0 aliphatic heterocycles. The van der Waals surface area contributed by atoms with Crippen molar-refractivity contribution in [2.45, 2.75) is 40.2 Å². The number of para-hydroxylation sites is 2. The molecule has 0 aromatic heterocycles. The molecule has 0 saturated carbocycles. The Morgan fingerprint density at radius 3 is 2.23 bits per heavy atom. The first-order valence-corrected chi connectivity index (χ1v) is 13.7. The van der Waals surface area contributed by atoms with Gasteiger partial charge < -0.3 is 15.0 Å². The highest BCUT2D eigenvalue weighted by Crippen LogP contribution is 2.30. The number of rotatable bonds is 13. The van der Waals surface area contributed by atoms with Gasteiger partial charge in [0.25, 0.3) is 0 Å². The first-order chi connectivity index (χ1) is 16.5. The highest BCUT2D eigenvalue weighted by Gasteiger charge is 2.30. The smallest absolute Gasteiger partial charge is 0.244 e. The van der Waals surface area contributed by atoms with Gasteiger partial charge in [0, 0.05) is 13.1 Å². The van der Waals surface area contributed by atoms with Crippen molar-refractivity contribution in [3.05, 3.63) is 60.2 Å². The van der Waals surface area contributed by atoms with Crippen molar-refractivity contribution in [1.29, 1.82) is 0 Å². The predicted molar refractivity (Wildman–Crippen MR) is 139 cm³/mol. The number of carbonyl (C=O) groups is 2. The van der Waals surface area contributed by atoms with Gasteiger partial charge in [0.2, 0.25) is 21.8 Å². The van der Waals surface area contributed by atoms with Crippen LogP contribution in [0.4, 0.5) is 5.69 Å². The summed E-state index contributed by atoms with van der Waals surface area (Å²) in [6, 6.07) is 15.6. The zero-order valence-electron chi connectivity index (χ0n) is 21.2. The minimum Gasteiger partial charge on any atom is -0.492 e. The summed E-state index contributed by atoms with van der Waals surface area (Å²) in [5.41, 5.74) is 1.30. The normalized spacial score (nSPS) is 12.2. The van der Waals surface area contributed by atoms with Crippen LogP contribution >= 0.6 is 0 Å². The lowest BCUT2D eigenvalue weighted by Crippen LogP contribution is -2.52. The lowest BCUT2D eigenvalue weighted by atomic mass is 10.1. The quantitative estimate of drug-likeness (QED) is 0.453. The molecule has 0 heterocycles. The largest absolute Gasteiger partial charge is 0.492 e. The molecule has 0 bridgehead atoms. The van der Waals surface area contributed by atoms with Gasteiger partial charge in [-0.25, -0.2) is 8.42 Å². The number of hydrogen-bond donors (Lipinski definition) is 1. The molecule has 2 amide bonds. The summed E-state index contributed by atoms with van der Waals surface area (Å²) >= 11 is 0. The highest BCUT2D eigenvalue weighted by atomic mass is 32.2. The maximum Gasteiger partial charge on any atom is 0.244 e. The first kappa shape index (κ1) is 28.2. The van der Waals surface area contributed by atoms with Gasteiger partial charge in [-0.1, -0.05) is 56.3 Å². The van der Waals surface area contributed by atoms with E-state index in [1.165, 1.54) is 4.90 Å². The third kappa shape index (κ3) is 8.58. The second-order valence-corrected chi connectivity index (χ2v) is 10.7. The van der Waals surface area contributed by atoms with Crippen molar-refractivity contribution in [3.8, 4) is 5.75 Å². The van der Waals surface area contributed by atoms with Gasteiger partial charge in [-0.2, -0.15) is 0 Å². The maximum absolute atomic E-state index is 13.5. The summed E-state index contributed by atoms with van der Waals surface area (Å²) in [6.45, 7) is 8.10. The van der Waals surface area contributed by atoms with Crippen LogP contribution in [0.1, 0.15) is 33.3 Å². The Kier molecular flexibility index (Phi) is 10.6. The minimum atomic E-state index is -3.82. The average Bonchev–Trinajstić information content (AvgIpc) is 2.81. The molecule has 192 valence electrons. The number of benzene rings is 2. The Labute approximate surface area is 209 Å². The summed E-state index contributed by atoms with van der Waals surface area (Å²) in [5.74, 6) is -0.118. The molecule has 1 unspecified atom stereocenters. The topological polar surface area (TPSA) is 96.0 Å². The van der Waals surface area contributed by atoms with Crippen LogP contribution in [0.25, 0.3) is 0 Å². The molecule has 0 spiro atoms. The summed E-state index contributed by atoms with van der Waals surface area (Å²) in [5, 5.41) is 2.87. The van der Waals surface area contributed by atoms with Crippen molar-refractivity contribution in [3.63, 3.8) is 0 Å². The lowest BCUT2D eigenvalue weighted by molar-refractivity contribution is -0.138. The van der Waals surface area contributed by atoms with Crippen molar-refractivity contribution >= 4 is 27.5 Å². The fourth-order valence-corrected chi connectivity index (χ4v) is 4.41. The van der Waals surface area contributed by atoms with Crippen molar-refractivity contribution in [2.75, 3.05) is 36.8 Å². The Morgan fingerprint density at radius 2 is 1.63 bits per heavy atom. The zero-order chi connectivity index (χ0) is 26.0. The monoisotopic (exact) mass is 503 g/mol. The van der Waals surface area contributed by atoms with Crippen LogP contribution in [0.2, 0.25) is 0 Å². The van der Waals surface area contributed by atoms with Crippen molar-refractivity contribution in [2.24, 2.45) is 5.92 Å². The minimum absolute atomic E-state index is 0.260. The van der Waals surface area contributed by atoms with Crippen LogP contribution in [0.3, 0.4) is 0 Å². The van der Waals surface area contributed by atoms with Gasteiger partial charge in [-0.3, -0.25) is 13.9 Å². The molecule has 0 aliphatic carbocycles. The van der Waals surface area contributed by atoms with Crippen LogP contribution in [0, 0.1) is 5.92 Å². The fraction of sp³-hybridized carbons (Fsp3) is 0.462. The van der Waals surface area contributed by atoms with Gasteiger partial charge in [0.05, 0.1) is 18.6 Å². The number of ether oxygens (including phenoxy) is 1. The number of amides is 2. The molecule has 1 N–H and O–H groups in total. The lowest BCUT2D eigenvalue weighted by Gasteiger charge is -2.32. The van der Waals surface area contributed by atoms with E-state index in [-0.39, 0.29) is 24.1 Å². The van der Waals surface area contributed by atoms with Gasteiger partial charge in [0.1, 0.15) is 18.3 Å². The van der Waals surface area contributed by atoms with Crippen LogP contribution in [-0.2, 0) is 26.0 Å². The van der Waals surface area contributed by atoms with E-state index in [1.54, 1.807) is 38.1 Å². The molecule has 0 fully saturated rings. The number of carbonyl (C=O) groups excluding carboxylic acids is 2. The molecular formula is C26H37N3O5S. The predicted octanol–water partition coefficient (Wildman–Crippen LogP) is 3.08. The molecule has 2 rings (SSSR count). The molecule has 2 aromatic carbocycles. The number of sulfonamides is 1. The van der Waals surface area contributed by atoms with Crippen LogP contribution in [0.15, 0.2) is 54.6 Å². The molecular weight excluding hydrogens is 466 g/mol. The van der Waals surface area contributed by atoms with E-state index in [1.807, 2.05) is 44.2 Å². The van der Waals surface area contributed by atoms with Gasteiger partial charge in [-0.15, -0.1) is 0 Å². The summed E-state index contributed by atoms with van der Waals surface area (Å²) in [4.78, 5) is 27.8. The fourth-order valence-electron chi connectivity index (χ4n) is 3.56. The number of nitrogens with one attached hydrogen (secondary N) is 1. The van der Waals surface area contributed by atoms with E-state index in [0.717, 1.165) is 16.1 Å². The molecule has 1 atom stereocenters. The average molecular weight is 504 g/mol. The summed E-state index contributed by atoms with van der Waals surface area (Å²) in [7, 11) is -3.82. The number of anilines is 1. The van der Waals surface area contributed by atoms with Gasteiger partial charge >= 0.3 is 0 Å². The Bertz CT molecular complexity index is 1070. The van der Waals surface area contributed by atoms with Crippen molar-refractivity contribution < 1.29 is 22.7 Å². The highest BCUT2D eigenvalue weighted by molar-refractivity contribution is 7.92. The molecule has 0 saturated heterocycles. The molecule has 8 nitrogen and oxygen atoms in total. The molecule has 0 aliphatic rings. The van der Waals surface area contributed by atoms with Crippen LogP contribution < -0.4 is 14.4 Å². The second-order valence-electron chi connectivity index (χ2n) is 8.81. The third-order valence-electron chi connectivity index (χ3n) is 5.45. The third-order valence-corrected chi connectivity index (χ3v) is 6.58. The Hall–Kier alpha value is -3.07. The van der Waals surface area contributed by atoms with Crippen molar-refractivity contribution in [1.82, 2.24) is 10.2 Å². The van der Waals surface area contributed by atoms with E-state index in [2.05, 4.69) is 5.32 Å². The summed E-state index contributed by atoms with van der Waals surface area (Å²) in [6.07, 6.45) is 1.58. The number of nitrogens with zero attached hydrogens (tertiary/aromatic N) is 2. The molecule has 2 aromatic rings. The number of hydrogen-bond acceptors (Lipinski definition) is 5. The van der Waals surface area contributed by atoms with Crippen LogP contribution in [-0.4, -0.2) is 63.7 Å². The Morgan fingerprint density at radius 1 is 1.00 bits per heavy atom. The van der Waals surface area contributed by atoms with E-state index in [4.69, 9.17) is 4.74 Å². The van der Waals surface area contributed by atoms with E-state index >= 15 is 0 Å². The standard InChI is InChI=1S/C26H37N3O5S/c1-6-34-24-15-11-10-14-23(24)29(35(5,32)33)19-25(30)28(17-16-22-12-8-7-9-13-22)21(4)26(31)27-18-20(2)3/h7-15,20-21H,6,16-19H2,1-5H3,(H,27,31). The SMILES string of the molecule is CCOc1ccccc1N(CC(=O)N(CCc1ccccc1)C(C)C(=O)NCC(C)C)S(C)(=O)=O. The molecule has 0 radical (unpaired) electrons. The van der Waals surface area contributed by atoms with E-state index in [9.17, 15) is 18.0 Å². The maximum atomic E-state index is 13.5. The van der Waals surface area contributed by atoms with Gasteiger partial charge in [0.15, 0.2) is 0 Å². The second kappa shape index (κ2) is 13.1.